The first kappa shape index (κ1) is 24.8. The Hall–Kier alpha value is -1.51. The molecular formula is C27H44O3. The first-order valence-corrected chi connectivity index (χ1v) is 12.6. The lowest BCUT2D eigenvalue weighted by atomic mass is 9.77. The number of unbranched alkanes of at least 4 members (excludes halogenated alkanes) is 8. The fourth-order valence-electron chi connectivity index (χ4n) is 4.83. The van der Waals surface area contributed by atoms with Crippen molar-refractivity contribution in [1.82, 2.24) is 0 Å². The van der Waals surface area contributed by atoms with Gasteiger partial charge in [-0.25, -0.2) is 0 Å². The second-order valence-corrected chi connectivity index (χ2v) is 9.25. The molecule has 1 aromatic rings. The quantitative estimate of drug-likeness (QED) is 0.277. The predicted molar refractivity (Wildman–Crippen MR) is 125 cm³/mol. The summed E-state index contributed by atoms with van der Waals surface area (Å²) in [6.45, 7) is 3.12. The number of carboxylic acids is 1. The third-order valence-electron chi connectivity index (χ3n) is 6.70. The molecule has 1 aromatic carbocycles. The maximum absolute atomic E-state index is 10.4. The molecule has 1 N–H and O–H groups in total. The summed E-state index contributed by atoms with van der Waals surface area (Å²) >= 11 is 0. The molecule has 0 atom stereocenters. The lowest BCUT2D eigenvalue weighted by molar-refractivity contribution is -0.137. The van der Waals surface area contributed by atoms with Crippen LogP contribution in [0.3, 0.4) is 0 Å². The van der Waals surface area contributed by atoms with Crippen LogP contribution in [-0.4, -0.2) is 17.7 Å². The van der Waals surface area contributed by atoms with Crippen molar-refractivity contribution in [3.05, 3.63) is 29.8 Å². The minimum Gasteiger partial charge on any atom is -0.494 e. The SMILES string of the molecule is CCCC1CCC(c2ccc(OCCCCCCCCCCCC(=O)O)cc2)CC1. The molecular weight excluding hydrogens is 372 g/mol. The standard InChI is InChI=1S/C27H44O3/c1-2-12-23-14-16-24(17-15-23)25-18-20-26(21-19-25)30-22-11-9-7-5-3-4-6-8-10-13-27(28)29/h18-21,23-24H,2-17,22H2,1H3,(H,28,29). The van der Waals surface area contributed by atoms with E-state index in [-0.39, 0.29) is 0 Å². The van der Waals surface area contributed by atoms with Crippen molar-refractivity contribution in [3.63, 3.8) is 0 Å². The lowest BCUT2D eigenvalue weighted by Gasteiger charge is -2.28. The van der Waals surface area contributed by atoms with Crippen LogP contribution in [0.2, 0.25) is 0 Å². The number of rotatable bonds is 16. The van der Waals surface area contributed by atoms with Crippen LogP contribution in [0.15, 0.2) is 24.3 Å². The summed E-state index contributed by atoms with van der Waals surface area (Å²) in [5.74, 6) is 2.07. The third kappa shape index (κ3) is 10.5. The maximum Gasteiger partial charge on any atom is 0.303 e. The van der Waals surface area contributed by atoms with E-state index in [1.165, 1.54) is 82.6 Å². The zero-order valence-electron chi connectivity index (χ0n) is 19.2. The number of aliphatic carboxylic acids is 1. The first-order valence-electron chi connectivity index (χ1n) is 12.6. The lowest BCUT2D eigenvalue weighted by Crippen LogP contribution is -2.13. The average Bonchev–Trinajstić information content (AvgIpc) is 2.75. The number of carbonyl (C=O) groups is 1. The molecule has 0 amide bonds. The predicted octanol–water partition coefficient (Wildman–Crippen LogP) is 8.12. The Bertz CT molecular complexity index is 558. The summed E-state index contributed by atoms with van der Waals surface area (Å²) < 4.78 is 5.94. The number of carboxylic acid groups (broad SMARTS) is 1. The molecule has 0 heterocycles. The van der Waals surface area contributed by atoms with Gasteiger partial charge in [-0.3, -0.25) is 4.79 Å². The van der Waals surface area contributed by atoms with E-state index < -0.39 is 5.97 Å². The van der Waals surface area contributed by atoms with Gasteiger partial charge in [0.1, 0.15) is 5.75 Å². The van der Waals surface area contributed by atoms with E-state index >= 15 is 0 Å². The Morgan fingerprint density at radius 2 is 1.43 bits per heavy atom. The Morgan fingerprint density at radius 1 is 0.867 bits per heavy atom. The molecule has 0 unspecified atom stereocenters. The van der Waals surface area contributed by atoms with Gasteiger partial charge < -0.3 is 9.84 Å². The van der Waals surface area contributed by atoms with E-state index in [4.69, 9.17) is 9.84 Å². The van der Waals surface area contributed by atoms with Gasteiger partial charge in [0.05, 0.1) is 6.61 Å². The van der Waals surface area contributed by atoms with Crippen LogP contribution >= 0.6 is 0 Å². The molecule has 0 spiro atoms. The highest BCUT2D eigenvalue weighted by atomic mass is 16.5. The van der Waals surface area contributed by atoms with E-state index in [1.54, 1.807) is 0 Å². The molecule has 1 aliphatic rings. The summed E-state index contributed by atoms with van der Waals surface area (Å²) in [6, 6.07) is 8.91. The van der Waals surface area contributed by atoms with Crippen LogP contribution in [0.25, 0.3) is 0 Å². The molecule has 0 aromatic heterocycles. The molecule has 3 nitrogen and oxygen atoms in total. The summed E-state index contributed by atoms with van der Waals surface area (Å²) in [4.78, 5) is 10.4. The van der Waals surface area contributed by atoms with Crippen LogP contribution in [-0.2, 0) is 4.79 Å². The monoisotopic (exact) mass is 416 g/mol. The Morgan fingerprint density at radius 3 is 2.00 bits per heavy atom. The fourth-order valence-corrected chi connectivity index (χ4v) is 4.83. The first-order chi connectivity index (χ1) is 14.7. The van der Waals surface area contributed by atoms with Crippen LogP contribution in [0.1, 0.15) is 121 Å². The Kier molecular flexibility index (Phi) is 12.6. The van der Waals surface area contributed by atoms with Crippen LogP contribution < -0.4 is 4.74 Å². The fraction of sp³-hybridized carbons (Fsp3) is 0.741. The zero-order valence-corrected chi connectivity index (χ0v) is 19.2. The molecule has 0 aliphatic heterocycles. The van der Waals surface area contributed by atoms with Crippen molar-refractivity contribution in [2.45, 2.75) is 116 Å². The molecule has 1 aliphatic carbocycles. The molecule has 170 valence electrons. The van der Waals surface area contributed by atoms with E-state index in [1.807, 2.05) is 0 Å². The molecule has 1 saturated carbocycles. The normalized spacial score (nSPS) is 19.0. The van der Waals surface area contributed by atoms with Crippen molar-refractivity contribution >= 4 is 5.97 Å². The van der Waals surface area contributed by atoms with E-state index in [0.717, 1.165) is 43.5 Å². The van der Waals surface area contributed by atoms with Crippen molar-refractivity contribution in [2.75, 3.05) is 6.61 Å². The van der Waals surface area contributed by atoms with Crippen molar-refractivity contribution in [2.24, 2.45) is 5.92 Å². The molecule has 30 heavy (non-hydrogen) atoms. The van der Waals surface area contributed by atoms with Crippen LogP contribution in [0.4, 0.5) is 0 Å². The van der Waals surface area contributed by atoms with Gasteiger partial charge in [-0.2, -0.15) is 0 Å². The Balaban J connectivity index is 1.46. The van der Waals surface area contributed by atoms with Crippen molar-refractivity contribution < 1.29 is 14.6 Å². The van der Waals surface area contributed by atoms with Gasteiger partial charge in [-0.1, -0.05) is 76.8 Å². The number of ether oxygens (including phenoxy) is 1. The van der Waals surface area contributed by atoms with Crippen molar-refractivity contribution in [1.29, 1.82) is 0 Å². The van der Waals surface area contributed by atoms with E-state index in [2.05, 4.69) is 31.2 Å². The maximum atomic E-state index is 10.4. The minimum atomic E-state index is -0.669. The molecule has 1 fully saturated rings. The number of benzene rings is 1. The van der Waals surface area contributed by atoms with Gasteiger partial charge in [0.25, 0.3) is 0 Å². The van der Waals surface area contributed by atoms with Gasteiger partial charge in [0.2, 0.25) is 0 Å². The molecule has 0 saturated heterocycles. The average molecular weight is 417 g/mol. The molecule has 2 rings (SSSR count). The van der Waals surface area contributed by atoms with Gasteiger partial charge in [-0.15, -0.1) is 0 Å². The molecule has 0 bridgehead atoms. The molecule has 3 heteroatoms. The van der Waals surface area contributed by atoms with Crippen LogP contribution in [0, 0.1) is 5.92 Å². The summed E-state index contributed by atoms with van der Waals surface area (Å²) in [6.07, 6.45) is 19.1. The Labute approximate surface area is 184 Å². The summed E-state index contributed by atoms with van der Waals surface area (Å²) in [5.41, 5.74) is 1.50. The summed E-state index contributed by atoms with van der Waals surface area (Å²) in [5, 5.41) is 8.61. The highest BCUT2D eigenvalue weighted by molar-refractivity contribution is 5.66. The number of hydrogen-bond donors (Lipinski definition) is 1. The van der Waals surface area contributed by atoms with Crippen LogP contribution in [0.5, 0.6) is 5.75 Å². The largest absolute Gasteiger partial charge is 0.494 e. The minimum absolute atomic E-state index is 0.322. The molecule has 0 radical (unpaired) electrons. The van der Waals surface area contributed by atoms with Gasteiger partial charge in [0.15, 0.2) is 0 Å². The topological polar surface area (TPSA) is 46.5 Å². The third-order valence-corrected chi connectivity index (χ3v) is 6.70. The van der Waals surface area contributed by atoms with Gasteiger partial charge in [-0.05, 0) is 68.1 Å². The highest BCUT2D eigenvalue weighted by Crippen LogP contribution is 2.37. The summed E-state index contributed by atoms with van der Waals surface area (Å²) in [7, 11) is 0. The zero-order chi connectivity index (χ0) is 21.4. The second-order valence-electron chi connectivity index (χ2n) is 9.25. The van der Waals surface area contributed by atoms with Gasteiger partial charge >= 0.3 is 5.97 Å². The van der Waals surface area contributed by atoms with E-state index in [9.17, 15) is 4.79 Å². The second kappa shape index (κ2) is 15.3. The smallest absolute Gasteiger partial charge is 0.303 e. The van der Waals surface area contributed by atoms with E-state index in [0.29, 0.717) is 6.42 Å². The van der Waals surface area contributed by atoms with Gasteiger partial charge in [0, 0.05) is 6.42 Å². The number of hydrogen-bond acceptors (Lipinski definition) is 2. The van der Waals surface area contributed by atoms with Crippen molar-refractivity contribution in [3.8, 4) is 5.75 Å². The highest BCUT2D eigenvalue weighted by Gasteiger charge is 2.21.